The molecule has 1 heterocycles. The highest BCUT2D eigenvalue weighted by Crippen LogP contribution is 2.23. The van der Waals surface area contributed by atoms with Gasteiger partial charge in [0.25, 0.3) is 10.1 Å². The molecule has 0 unspecified atom stereocenters. The summed E-state index contributed by atoms with van der Waals surface area (Å²) in [6.45, 7) is 1.78. The number of ether oxygens (including phenoxy) is 2. The number of rotatable bonds is 3. The molecule has 0 aromatic heterocycles. The van der Waals surface area contributed by atoms with Crippen LogP contribution >= 0.6 is 0 Å². The maximum Gasteiger partial charge on any atom is 0.264 e. The molecule has 1 aliphatic rings. The van der Waals surface area contributed by atoms with E-state index in [4.69, 9.17) is 13.7 Å². The molecule has 1 saturated heterocycles. The third kappa shape index (κ3) is 3.53. The summed E-state index contributed by atoms with van der Waals surface area (Å²) in [5, 5.41) is 0. The van der Waals surface area contributed by atoms with Gasteiger partial charge in [0.1, 0.15) is 6.10 Å². The standard InChI is InChI=1S/C8H16O5S/c1-6-7(13-14(3,9)10)4-5-8(11-2)12-6/h6-8H,4-5H2,1-3H3/t6-,7+,8+/m0/s1. The highest BCUT2D eigenvalue weighted by Gasteiger charge is 2.31. The lowest BCUT2D eigenvalue weighted by Crippen LogP contribution is -2.40. The minimum Gasteiger partial charge on any atom is -0.356 e. The van der Waals surface area contributed by atoms with Gasteiger partial charge in [-0.15, -0.1) is 0 Å². The van der Waals surface area contributed by atoms with Gasteiger partial charge < -0.3 is 9.47 Å². The van der Waals surface area contributed by atoms with Crippen molar-refractivity contribution in [1.82, 2.24) is 0 Å². The monoisotopic (exact) mass is 224 g/mol. The molecule has 14 heavy (non-hydrogen) atoms. The highest BCUT2D eigenvalue weighted by molar-refractivity contribution is 7.86. The fraction of sp³-hybridized carbons (Fsp3) is 1.00. The van der Waals surface area contributed by atoms with E-state index in [1.54, 1.807) is 14.0 Å². The van der Waals surface area contributed by atoms with Crippen molar-refractivity contribution in [2.75, 3.05) is 13.4 Å². The molecule has 3 atom stereocenters. The molecule has 0 amide bonds. The van der Waals surface area contributed by atoms with Gasteiger partial charge >= 0.3 is 0 Å². The van der Waals surface area contributed by atoms with E-state index in [0.29, 0.717) is 12.8 Å². The van der Waals surface area contributed by atoms with Gasteiger partial charge in [-0.1, -0.05) is 0 Å². The molecule has 1 rings (SSSR count). The molecule has 0 radical (unpaired) electrons. The van der Waals surface area contributed by atoms with Crippen LogP contribution in [0.4, 0.5) is 0 Å². The van der Waals surface area contributed by atoms with Crippen LogP contribution in [0.25, 0.3) is 0 Å². The highest BCUT2D eigenvalue weighted by atomic mass is 32.2. The minimum atomic E-state index is -3.40. The fourth-order valence-corrected chi connectivity index (χ4v) is 2.16. The van der Waals surface area contributed by atoms with Crippen LogP contribution in [0.1, 0.15) is 19.8 Å². The third-order valence-electron chi connectivity index (χ3n) is 2.14. The second-order valence-corrected chi connectivity index (χ2v) is 5.02. The van der Waals surface area contributed by atoms with Gasteiger partial charge in [0.15, 0.2) is 6.29 Å². The van der Waals surface area contributed by atoms with Gasteiger partial charge in [-0.2, -0.15) is 8.42 Å². The van der Waals surface area contributed by atoms with Gasteiger partial charge in [-0.25, -0.2) is 0 Å². The average Bonchev–Trinajstić information content (AvgIpc) is 2.06. The normalized spacial score (nSPS) is 34.4. The lowest BCUT2D eigenvalue weighted by molar-refractivity contribution is -0.200. The molecule has 0 saturated carbocycles. The van der Waals surface area contributed by atoms with Gasteiger partial charge in [-0.3, -0.25) is 4.18 Å². The first kappa shape index (κ1) is 11.9. The largest absolute Gasteiger partial charge is 0.356 e. The van der Waals surface area contributed by atoms with E-state index in [1.807, 2.05) is 0 Å². The Kier molecular flexibility index (Phi) is 3.88. The van der Waals surface area contributed by atoms with Crippen LogP contribution in [0.3, 0.4) is 0 Å². The summed E-state index contributed by atoms with van der Waals surface area (Å²) < 4.78 is 37.0. The zero-order valence-corrected chi connectivity index (χ0v) is 9.41. The van der Waals surface area contributed by atoms with E-state index < -0.39 is 16.2 Å². The number of hydrogen-bond acceptors (Lipinski definition) is 5. The third-order valence-corrected chi connectivity index (χ3v) is 2.73. The van der Waals surface area contributed by atoms with Crippen molar-refractivity contribution in [2.24, 2.45) is 0 Å². The van der Waals surface area contributed by atoms with Crippen molar-refractivity contribution in [2.45, 2.75) is 38.3 Å². The van der Waals surface area contributed by atoms with Crippen molar-refractivity contribution in [3.8, 4) is 0 Å². The zero-order chi connectivity index (χ0) is 10.8. The van der Waals surface area contributed by atoms with Crippen LogP contribution in [0, 0.1) is 0 Å². The molecule has 6 heteroatoms. The van der Waals surface area contributed by atoms with Crippen LogP contribution in [-0.2, 0) is 23.8 Å². The Labute approximate surface area is 84.5 Å². The first-order chi connectivity index (χ1) is 6.42. The van der Waals surface area contributed by atoms with Crippen molar-refractivity contribution >= 4 is 10.1 Å². The summed E-state index contributed by atoms with van der Waals surface area (Å²) in [7, 11) is -1.84. The molecular weight excluding hydrogens is 208 g/mol. The SMILES string of the molecule is CO[C@H]1CC[C@@H](OS(C)(=O)=O)[C@H](C)O1. The zero-order valence-electron chi connectivity index (χ0n) is 8.60. The fourth-order valence-electron chi connectivity index (χ4n) is 1.45. The van der Waals surface area contributed by atoms with E-state index in [2.05, 4.69) is 0 Å². The van der Waals surface area contributed by atoms with Crippen molar-refractivity contribution in [3.63, 3.8) is 0 Å². The smallest absolute Gasteiger partial charge is 0.264 e. The van der Waals surface area contributed by atoms with Gasteiger partial charge in [0.05, 0.1) is 12.4 Å². The molecule has 1 fully saturated rings. The molecule has 0 aromatic rings. The molecule has 5 nitrogen and oxygen atoms in total. The van der Waals surface area contributed by atoms with Crippen molar-refractivity contribution in [1.29, 1.82) is 0 Å². The molecule has 0 bridgehead atoms. The summed E-state index contributed by atoms with van der Waals surface area (Å²) in [5.74, 6) is 0. The lowest BCUT2D eigenvalue weighted by atomic mass is 10.1. The molecule has 0 N–H and O–H groups in total. The number of methoxy groups -OCH3 is 1. The predicted molar refractivity (Wildman–Crippen MR) is 50.3 cm³/mol. The molecule has 0 aromatic carbocycles. The Morgan fingerprint density at radius 3 is 2.43 bits per heavy atom. The second-order valence-electron chi connectivity index (χ2n) is 3.42. The van der Waals surface area contributed by atoms with Crippen LogP contribution in [0.5, 0.6) is 0 Å². The summed E-state index contributed by atoms with van der Waals surface area (Å²) in [5.41, 5.74) is 0. The topological polar surface area (TPSA) is 61.8 Å². The van der Waals surface area contributed by atoms with E-state index >= 15 is 0 Å². The molecule has 84 valence electrons. The maximum absolute atomic E-state index is 10.9. The quantitative estimate of drug-likeness (QED) is 0.653. The summed E-state index contributed by atoms with van der Waals surface area (Å²) in [4.78, 5) is 0. The Hall–Kier alpha value is -0.170. The molecule has 0 spiro atoms. The van der Waals surface area contributed by atoms with Gasteiger partial charge in [0, 0.05) is 13.5 Å². The summed E-state index contributed by atoms with van der Waals surface area (Å²) >= 11 is 0. The summed E-state index contributed by atoms with van der Waals surface area (Å²) in [6.07, 6.45) is 1.43. The predicted octanol–water partition coefficient (Wildman–Crippen LogP) is 0.503. The summed E-state index contributed by atoms with van der Waals surface area (Å²) in [6, 6.07) is 0. The Morgan fingerprint density at radius 1 is 1.36 bits per heavy atom. The first-order valence-corrected chi connectivity index (χ1v) is 6.30. The van der Waals surface area contributed by atoms with Crippen LogP contribution < -0.4 is 0 Å². The van der Waals surface area contributed by atoms with E-state index in [1.165, 1.54) is 0 Å². The van der Waals surface area contributed by atoms with E-state index in [-0.39, 0.29) is 12.4 Å². The molecule has 0 aliphatic carbocycles. The molecular formula is C8H16O5S. The maximum atomic E-state index is 10.9. The lowest BCUT2D eigenvalue weighted by Gasteiger charge is -2.32. The van der Waals surface area contributed by atoms with Crippen LogP contribution in [-0.4, -0.2) is 40.3 Å². The Morgan fingerprint density at radius 2 is 2.00 bits per heavy atom. The molecule has 1 aliphatic heterocycles. The second kappa shape index (κ2) is 4.57. The minimum absolute atomic E-state index is 0.246. The van der Waals surface area contributed by atoms with E-state index in [0.717, 1.165) is 6.26 Å². The van der Waals surface area contributed by atoms with Gasteiger partial charge in [-0.05, 0) is 13.3 Å². The first-order valence-electron chi connectivity index (χ1n) is 4.49. The Bertz CT molecular complexity index is 273. The van der Waals surface area contributed by atoms with Crippen molar-refractivity contribution < 1.29 is 22.1 Å². The Balaban J connectivity index is 2.50. The van der Waals surface area contributed by atoms with Crippen LogP contribution in [0.15, 0.2) is 0 Å². The van der Waals surface area contributed by atoms with E-state index in [9.17, 15) is 8.42 Å². The van der Waals surface area contributed by atoms with Gasteiger partial charge in [0.2, 0.25) is 0 Å². The number of hydrogen-bond donors (Lipinski definition) is 0. The van der Waals surface area contributed by atoms with Crippen LogP contribution in [0.2, 0.25) is 0 Å². The van der Waals surface area contributed by atoms with Crippen molar-refractivity contribution in [3.05, 3.63) is 0 Å². The average molecular weight is 224 g/mol.